The number of nitrogens with one attached hydrogen (secondary N) is 1. The standard InChI is InChI=1S/C9H12F3NO4/c1-3-4-17-5-8(2,7(15)16)13-6(14)9(10,11)12/h3H,1,4-5H2,2H3,(H,13,14)(H,15,16)/t8-/m0/s1. The second kappa shape index (κ2) is 5.67. The van der Waals surface area contributed by atoms with E-state index in [1.54, 1.807) is 0 Å². The summed E-state index contributed by atoms with van der Waals surface area (Å²) in [5, 5.41) is 10.1. The van der Waals surface area contributed by atoms with Crippen molar-refractivity contribution in [3.8, 4) is 0 Å². The Morgan fingerprint density at radius 1 is 1.47 bits per heavy atom. The van der Waals surface area contributed by atoms with E-state index in [1.807, 2.05) is 0 Å². The average Bonchev–Trinajstić information content (AvgIpc) is 2.16. The third-order valence-electron chi connectivity index (χ3n) is 1.75. The lowest BCUT2D eigenvalue weighted by Gasteiger charge is -2.26. The van der Waals surface area contributed by atoms with Gasteiger partial charge in [0.15, 0.2) is 5.54 Å². The van der Waals surface area contributed by atoms with Gasteiger partial charge in [-0.3, -0.25) is 4.79 Å². The van der Waals surface area contributed by atoms with Gasteiger partial charge in [0.05, 0.1) is 13.2 Å². The molecule has 0 unspecified atom stereocenters. The van der Waals surface area contributed by atoms with Gasteiger partial charge in [-0.25, -0.2) is 4.79 Å². The van der Waals surface area contributed by atoms with E-state index in [-0.39, 0.29) is 6.61 Å². The number of carboxylic acids is 1. The molecule has 17 heavy (non-hydrogen) atoms. The molecule has 0 aromatic carbocycles. The lowest BCUT2D eigenvalue weighted by atomic mass is 10.0. The summed E-state index contributed by atoms with van der Waals surface area (Å²) in [6, 6.07) is 0. The topological polar surface area (TPSA) is 75.6 Å². The van der Waals surface area contributed by atoms with E-state index in [0.717, 1.165) is 6.92 Å². The molecule has 1 atom stereocenters. The zero-order valence-corrected chi connectivity index (χ0v) is 9.00. The van der Waals surface area contributed by atoms with Gasteiger partial charge >= 0.3 is 18.1 Å². The SMILES string of the molecule is C=CCOC[C@](C)(NC(=O)C(F)(F)F)C(=O)O. The fourth-order valence-corrected chi connectivity index (χ4v) is 0.819. The number of carbonyl (C=O) groups excluding carboxylic acids is 1. The van der Waals surface area contributed by atoms with Crippen molar-refractivity contribution in [2.75, 3.05) is 13.2 Å². The first-order valence-corrected chi connectivity index (χ1v) is 4.45. The van der Waals surface area contributed by atoms with Crippen LogP contribution in [0, 0.1) is 0 Å². The molecule has 98 valence electrons. The minimum atomic E-state index is -5.14. The van der Waals surface area contributed by atoms with Crippen molar-refractivity contribution in [2.24, 2.45) is 0 Å². The summed E-state index contributed by atoms with van der Waals surface area (Å²) in [5.74, 6) is -3.95. The number of hydrogen-bond donors (Lipinski definition) is 2. The number of carbonyl (C=O) groups is 2. The van der Waals surface area contributed by atoms with Crippen LogP contribution in [0.15, 0.2) is 12.7 Å². The van der Waals surface area contributed by atoms with Crippen LogP contribution in [0.5, 0.6) is 0 Å². The number of halogens is 3. The molecule has 0 saturated heterocycles. The number of carboxylic acid groups (broad SMARTS) is 1. The molecular weight excluding hydrogens is 243 g/mol. The van der Waals surface area contributed by atoms with Crippen molar-refractivity contribution >= 4 is 11.9 Å². The molecule has 0 spiro atoms. The highest BCUT2D eigenvalue weighted by Gasteiger charge is 2.45. The van der Waals surface area contributed by atoms with Crippen LogP contribution < -0.4 is 5.32 Å². The molecule has 0 aliphatic carbocycles. The van der Waals surface area contributed by atoms with E-state index in [1.165, 1.54) is 11.4 Å². The Hall–Kier alpha value is -1.57. The molecule has 0 aromatic rings. The van der Waals surface area contributed by atoms with Gasteiger partial charge in [0, 0.05) is 0 Å². The summed E-state index contributed by atoms with van der Waals surface area (Å²) in [6.07, 6.45) is -3.84. The fraction of sp³-hybridized carbons (Fsp3) is 0.556. The van der Waals surface area contributed by atoms with E-state index in [9.17, 15) is 22.8 Å². The molecule has 0 bridgehead atoms. The van der Waals surface area contributed by atoms with Crippen molar-refractivity contribution in [2.45, 2.75) is 18.6 Å². The number of alkyl halides is 3. The Balaban J connectivity index is 4.67. The summed E-state index contributed by atoms with van der Waals surface area (Å²) < 4.78 is 40.6. The predicted molar refractivity (Wildman–Crippen MR) is 51.3 cm³/mol. The van der Waals surface area contributed by atoms with Gasteiger partial charge in [0.2, 0.25) is 0 Å². The molecule has 0 aliphatic heterocycles. The molecule has 0 fully saturated rings. The molecule has 5 nitrogen and oxygen atoms in total. The average molecular weight is 255 g/mol. The van der Waals surface area contributed by atoms with Crippen LogP contribution in [0.3, 0.4) is 0 Å². The lowest BCUT2D eigenvalue weighted by molar-refractivity contribution is -0.178. The maximum Gasteiger partial charge on any atom is 0.471 e. The third-order valence-corrected chi connectivity index (χ3v) is 1.75. The molecule has 0 saturated carbocycles. The molecule has 0 radical (unpaired) electrons. The van der Waals surface area contributed by atoms with E-state index in [0.29, 0.717) is 0 Å². The smallest absolute Gasteiger partial charge is 0.471 e. The number of aliphatic carboxylic acids is 1. The van der Waals surface area contributed by atoms with Crippen molar-refractivity contribution in [1.82, 2.24) is 5.32 Å². The molecule has 0 aromatic heterocycles. The summed E-state index contributed by atoms with van der Waals surface area (Å²) in [6.45, 7) is 3.57. The molecule has 0 heterocycles. The Kier molecular flexibility index (Phi) is 5.14. The summed E-state index contributed by atoms with van der Waals surface area (Å²) in [7, 11) is 0. The summed E-state index contributed by atoms with van der Waals surface area (Å²) in [4.78, 5) is 21.4. The number of ether oxygens (including phenoxy) is 1. The highest BCUT2D eigenvalue weighted by atomic mass is 19.4. The van der Waals surface area contributed by atoms with E-state index < -0.39 is 30.2 Å². The van der Waals surface area contributed by atoms with Crippen LogP contribution in [0.4, 0.5) is 13.2 Å². The first kappa shape index (κ1) is 15.4. The molecule has 0 aliphatic rings. The van der Waals surface area contributed by atoms with Crippen LogP contribution in [0.25, 0.3) is 0 Å². The van der Waals surface area contributed by atoms with Gasteiger partial charge in [-0.05, 0) is 6.92 Å². The zero-order chi connectivity index (χ0) is 13.7. The van der Waals surface area contributed by atoms with Gasteiger partial charge in [-0.15, -0.1) is 6.58 Å². The third kappa shape index (κ3) is 4.85. The van der Waals surface area contributed by atoms with Crippen molar-refractivity contribution in [1.29, 1.82) is 0 Å². The Morgan fingerprint density at radius 3 is 2.35 bits per heavy atom. The van der Waals surface area contributed by atoms with Crippen LogP contribution in [0.2, 0.25) is 0 Å². The fourth-order valence-electron chi connectivity index (χ4n) is 0.819. The molecule has 0 rings (SSSR count). The zero-order valence-electron chi connectivity index (χ0n) is 9.00. The second-order valence-electron chi connectivity index (χ2n) is 3.39. The minimum Gasteiger partial charge on any atom is -0.479 e. The second-order valence-corrected chi connectivity index (χ2v) is 3.39. The van der Waals surface area contributed by atoms with Gasteiger partial charge in [-0.1, -0.05) is 6.08 Å². The van der Waals surface area contributed by atoms with E-state index in [4.69, 9.17) is 9.84 Å². The molecule has 8 heteroatoms. The summed E-state index contributed by atoms with van der Waals surface area (Å²) >= 11 is 0. The number of rotatable bonds is 6. The largest absolute Gasteiger partial charge is 0.479 e. The molecular formula is C9H12F3NO4. The molecule has 2 N–H and O–H groups in total. The maximum absolute atomic E-state index is 12.0. The van der Waals surface area contributed by atoms with Crippen LogP contribution in [-0.4, -0.2) is 41.9 Å². The quantitative estimate of drug-likeness (QED) is 0.541. The Morgan fingerprint density at radius 2 is 2.00 bits per heavy atom. The van der Waals surface area contributed by atoms with Crippen molar-refractivity contribution in [3.05, 3.63) is 12.7 Å². The van der Waals surface area contributed by atoms with E-state index >= 15 is 0 Å². The Bertz CT molecular complexity index is 316. The highest BCUT2D eigenvalue weighted by molar-refractivity contribution is 5.89. The van der Waals surface area contributed by atoms with Crippen LogP contribution in [0.1, 0.15) is 6.92 Å². The van der Waals surface area contributed by atoms with Crippen molar-refractivity contribution in [3.63, 3.8) is 0 Å². The van der Waals surface area contributed by atoms with Gasteiger partial charge in [0.1, 0.15) is 0 Å². The Labute approximate surface area is 95.2 Å². The highest BCUT2D eigenvalue weighted by Crippen LogP contribution is 2.17. The first-order valence-electron chi connectivity index (χ1n) is 4.45. The number of amides is 1. The summed E-state index contributed by atoms with van der Waals surface area (Å²) in [5.41, 5.74) is -2.14. The lowest BCUT2D eigenvalue weighted by Crippen LogP contribution is -2.58. The van der Waals surface area contributed by atoms with E-state index in [2.05, 4.69) is 6.58 Å². The minimum absolute atomic E-state index is 0.0369. The van der Waals surface area contributed by atoms with Gasteiger partial charge in [-0.2, -0.15) is 13.2 Å². The van der Waals surface area contributed by atoms with Crippen molar-refractivity contribution < 1.29 is 32.6 Å². The normalized spacial score (nSPS) is 14.8. The maximum atomic E-state index is 12.0. The first-order chi connectivity index (χ1) is 7.63. The monoisotopic (exact) mass is 255 g/mol. The van der Waals surface area contributed by atoms with Crippen LogP contribution in [-0.2, 0) is 14.3 Å². The van der Waals surface area contributed by atoms with Crippen LogP contribution >= 0.6 is 0 Å². The predicted octanol–water partition coefficient (Wildman–Crippen LogP) is 0.711. The van der Waals surface area contributed by atoms with Gasteiger partial charge < -0.3 is 15.2 Å². The number of hydrogen-bond acceptors (Lipinski definition) is 3. The molecule has 1 amide bonds. The van der Waals surface area contributed by atoms with Gasteiger partial charge in [0.25, 0.3) is 0 Å².